The smallest absolute Gasteiger partial charge is 0.369 e. The maximum atomic E-state index is 13.2. The van der Waals surface area contributed by atoms with Crippen LogP contribution in [0.15, 0.2) is 54.7 Å². The molecule has 1 N–H and O–H groups in total. The van der Waals surface area contributed by atoms with Gasteiger partial charge in [-0.3, -0.25) is 0 Å². The Morgan fingerprint density at radius 1 is 0.879 bits per heavy atom. The fourth-order valence-electron chi connectivity index (χ4n) is 3.20. The molecule has 0 atom stereocenters. The molecule has 0 radical (unpaired) electrons. The number of fused-ring (bicyclic) bond motifs is 1. The summed E-state index contributed by atoms with van der Waals surface area (Å²) in [5.74, 6) is 0.583. The fraction of sp³-hybridized carbons (Fsp3) is 0.227. The Labute approximate surface area is 184 Å². The van der Waals surface area contributed by atoms with E-state index in [9.17, 15) is 26.3 Å². The Hall–Kier alpha value is -3.63. The van der Waals surface area contributed by atoms with E-state index in [0.717, 1.165) is 29.3 Å². The van der Waals surface area contributed by atoms with E-state index in [-0.39, 0.29) is 11.3 Å². The molecular formula is C22H17F6N5. The predicted octanol–water partition coefficient (Wildman–Crippen LogP) is 6.34. The van der Waals surface area contributed by atoms with E-state index in [4.69, 9.17) is 0 Å². The van der Waals surface area contributed by atoms with Gasteiger partial charge in [-0.05, 0) is 55.0 Å². The molecule has 0 saturated carbocycles. The van der Waals surface area contributed by atoms with E-state index in [0.29, 0.717) is 29.0 Å². The first kappa shape index (κ1) is 22.6. The molecule has 2 heterocycles. The van der Waals surface area contributed by atoms with Gasteiger partial charge in [-0.2, -0.15) is 31.4 Å². The number of nitrogens with zero attached hydrogens (tertiary/aromatic N) is 4. The van der Waals surface area contributed by atoms with Crippen LogP contribution in [0.2, 0.25) is 0 Å². The summed E-state index contributed by atoms with van der Waals surface area (Å²) in [5, 5.41) is 7.08. The molecule has 0 fully saturated rings. The molecule has 0 spiro atoms. The van der Waals surface area contributed by atoms with Gasteiger partial charge in [0.2, 0.25) is 0 Å². The Balaban J connectivity index is 1.74. The quantitative estimate of drug-likeness (QED) is 0.350. The van der Waals surface area contributed by atoms with Crippen molar-refractivity contribution >= 4 is 16.7 Å². The van der Waals surface area contributed by atoms with Gasteiger partial charge >= 0.3 is 12.4 Å². The van der Waals surface area contributed by atoms with Crippen LogP contribution in [0.1, 0.15) is 24.6 Å². The summed E-state index contributed by atoms with van der Waals surface area (Å²) in [4.78, 5) is 8.77. The van der Waals surface area contributed by atoms with E-state index in [1.54, 1.807) is 12.1 Å². The summed E-state index contributed by atoms with van der Waals surface area (Å²) in [5.41, 5.74) is -0.855. The van der Waals surface area contributed by atoms with Crippen molar-refractivity contribution in [3.8, 4) is 17.1 Å². The predicted molar refractivity (Wildman–Crippen MR) is 111 cm³/mol. The lowest BCUT2D eigenvalue weighted by atomic mass is 10.1. The minimum atomic E-state index is -4.55. The lowest BCUT2D eigenvalue weighted by molar-refractivity contribution is -0.141. The third-order valence-electron chi connectivity index (χ3n) is 4.84. The molecule has 33 heavy (non-hydrogen) atoms. The zero-order valence-corrected chi connectivity index (χ0v) is 17.2. The molecule has 0 aliphatic heterocycles. The highest BCUT2D eigenvalue weighted by Crippen LogP contribution is 2.33. The van der Waals surface area contributed by atoms with Gasteiger partial charge in [0.25, 0.3) is 0 Å². The van der Waals surface area contributed by atoms with Crippen LogP contribution in [0.5, 0.6) is 0 Å². The highest BCUT2D eigenvalue weighted by atomic mass is 19.4. The lowest BCUT2D eigenvalue weighted by Crippen LogP contribution is -2.08. The van der Waals surface area contributed by atoms with Crippen LogP contribution in [-0.2, 0) is 12.4 Å². The standard InChI is InChI=1S/C22H17F6N5/c1-2-10-29-20-16-8-5-14(21(23,24)25)12-17(16)30-19(31-20)13-3-6-15(7-4-13)33-11-9-18(32-33)22(26,27)28/h3-9,11-12H,2,10H2,1H3,(H,29,30,31). The first-order valence-corrected chi connectivity index (χ1v) is 9.93. The third-order valence-corrected chi connectivity index (χ3v) is 4.84. The van der Waals surface area contributed by atoms with Crippen molar-refractivity contribution in [2.75, 3.05) is 11.9 Å². The molecule has 0 aliphatic rings. The van der Waals surface area contributed by atoms with Crippen LogP contribution in [0, 0.1) is 0 Å². The number of hydrogen-bond acceptors (Lipinski definition) is 4. The van der Waals surface area contributed by atoms with Crippen molar-refractivity contribution in [3.63, 3.8) is 0 Å². The zero-order chi connectivity index (χ0) is 23.8. The second-order valence-electron chi connectivity index (χ2n) is 7.24. The van der Waals surface area contributed by atoms with Crippen molar-refractivity contribution in [2.45, 2.75) is 25.7 Å². The molecule has 4 aromatic rings. The average molecular weight is 465 g/mol. The van der Waals surface area contributed by atoms with Gasteiger partial charge in [-0.25, -0.2) is 14.6 Å². The van der Waals surface area contributed by atoms with Gasteiger partial charge in [0.05, 0.1) is 16.8 Å². The lowest BCUT2D eigenvalue weighted by Gasteiger charge is -2.13. The van der Waals surface area contributed by atoms with Crippen molar-refractivity contribution in [1.82, 2.24) is 19.7 Å². The van der Waals surface area contributed by atoms with Gasteiger partial charge in [0.15, 0.2) is 11.5 Å². The van der Waals surface area contributed by atoms with Crippen LogP contribution >= 0.6 is 0 Å². The van der Waals surface area contributed by atoms with Crippen molar-refractivity contribution in [3.05, 3.63) is 66.0 Å². The third kappa shape index (κ3) is 4.76. The number of benzene rings is 2. The molecule has 0 unspecified atom stereocenters. The molecule has 0 saturated heterocycles. The zero-order valence-electron chi connectivity index (χ0n) is 17.2. The van der Waals surface area contributed by atoms with E-state index < -0.39 is 23.6 Å². The molecule has 172 valence electrons. The van der Waals surface area contributed by atoms with E-state index in [2.05, 4.69) is 20.4 Å². The number of rotatable bonds is 5. The van der Waals surface area contributed by atoms with Gasteiger partial charge in [0.1, 0.15) is 5.82 Å². The molecule has 0 aliphatic carbocycles. The SMILES string of the molecule is CCCNc1nc(-c2ccc(-n3ccc(C(F)(F)F)n3)cc2)nc2cc(C(F)(F)F)ccc12. The number of hydrogen-bond donors (Lipinski definition) is 1. The minimum absolute atomic E-state index is 0.124. The highest BCUT2D eigenvalue weighted by Gasteiger charge is 2.33. The molecule has 11 heteroatoms. The fourth-order valence-corrected chi connectivity index (χ4v) is 3.20. The number of nitrogens with one attached hydrogen (secondary N) is 1. The Morgan fingerprint density at radius 3 is 2.21 bits per heavy atom. The Kier molecular flexibility index (Phi) is 5.73. The highest BCUT2D eigenvalue weighted by molar-refractivity contribution is 5.91. The van der Waals surface area contributed by atoms with Gasteiger partial charge in [-0.15, -0.1) is 0 Å². The molecule has 0 bridgehead atoms. The second-order valence-corrected chi connectivity index (χ2v) is 7.24. The van der Waals surface area contributed by atoms with E-state index in [1.807, 2.05) is 6.92 Å². The molecule has 4 rings (SSSR count). The molecule has 0 amide bonds. The van der Waals surface area contributed by atoms with Crippen LogP contribution in [-0.4, -0.2) is 26.3 Å². The monoisotopic (exact) mass is 465 g/mol. The molecule has 2 aromatic carbocycles. The van der Waals surface area contributed by atoms with E-state index >= 15 is 0 Å². The van der Waals surface area contributed by atoms with Crippen LogP contribution in [0.3, 0.4) is 0 Å². The minimum Gasteiger partial charge on any atom is -0.369 e. The maximum Gasteiger partial charge on any atom is 0.435 e. The average Bonchev–Trinajstić information content (AvgIpc) is 3.27. The second kappa shape index (κ2) is 8.38. The van der Waals surface area contributed by atoms with Gasteiger partial charge in [-0.1, -0.05) is 6.92 Å². The normalized spacial score (nSPS) is 12.3. The number of alkyl halides is 6. The largest absolute Gasteiger partial charge is 0.435 e. The summed E-state index contributed by atoms with van der Waals surface area (Å²) in [6, 6.07) is 10.3. The summed E-state index contributed by atoms with van der Waals surface area (Å²) in [7, 11) is 0. The van der Waals surface area contributed by atoms with Crippen LogP contribution in [0.4, 0.5) is 32.2 Å². The van der Waals surface area contributed by atoms with Crippen molar-refractivity contribution in [2.24, 2.45) is 0 Å². The topological polar surface area (TPSA) is 55.6 Å². The first-order chi connectivity index (χ1) is 15.6. The van der Waals surface area contributed by atoms with Crippen molar-refractivity contribution < 1.29 is 26.3 Å². The number of anilines is 1. The summed E-state index contributed by atoms with van der Waals surface area (Å²) in [6.45, 7) is 2.50. The van der Waals surface area contributed by atoms with Gasteiger partial charge in [0, 0.05) is 23.7 Å². The molecular weight excluding hydrogens is 448 g/mol. The van der Waals surface area contributed by atoms with E-state index in [1.165, 1.54) is 24.4 Å². The summed E-state index contributed by atoms with van der Waals surface area (Å²) < 4.78 is 79.0. The maximum absolute atomic E-state index is 13.2. The Morgan fingerprint density at radius 2 is 1.61 bits per heavy atom. The van der Waals surface area contributed by atoms with Crippen molar-refractivity contribution in [1.29, 1.82) is 0 Å². The van der Waals surface area contributed by atoms with Gasteiger partial charge < -0.3 is 5.32 Å². The molecule has 5 nitrogen and oxygen atoms in total. The summed E-state index contributed by atoms with van der Waals surface area (Å²) >= 11 is 0. The molecule has 2 aromatic heterocycles. The number of aromatic nitrogens is 4. The summed E-state index contributed by atoms with van der Waals surface area (Å²) in [6.07, 6.45) is -7.10. The Bertz CT molecular complexity index is 1280. The number of halogens is 6. The van der Waals surface area contributed by atoms with Crippen LogP contribution in [0.25, 0.3) is 28.0 Å². The van der Waals surface area contributed by atoms with Crippen LogP contribution < -0.4 is 5.32 Å². The first-order valence-electron chi connectivity index (χ1n) is 9.93.